The van der Waals surface area contributed by atoms with Crippen LogP contribution < -0.4 is 10.5 Å². The highest BCUT2D eigenvalue weighted by atomic mass is 16.5. The summed E-state index contributed by atoms with van der Waals surface area (Å²) in [6.07, 6.45) is -0.202. The van der Waals surface area contributed by atoms with E-state index in [0.29, 0.717) is 23.1 Å². The van der Waals surface area contributed by atoms with E-state index in [1.807, 2.05) is 54.0 Å². The number of benzene rings is 2. The Morgan fingerprint density at radius 2 is 2.00 bits per heavy atom. The summed E-state index contributed by atoms with van der Waals surface area (Å²) >= 11 is 0. The maximum absolute atomic E-state index is 11.6. The Kier molecular flexibility index (Phi) is 5.52. The Hall–Kier alpha value is -3.96. The molecule has 1 aliphatic heterocycles. The fraction of sp³-hybridized carbons (Fsp3) is 0.217. The lowest BCUT2D eigenvalue weighted by molar-refractivity contribution is -0.137. The van der Waals surface area contributed by atoms with Gasteiger partial charge in [-0.05, 0) is 37.3 Å². The average molecular weight is 415 g/mol. The van der Waals surface area contributed by atoms with E-state index in [1.165, 1.54) is 0 Å². The highest BCUT2D eigenvalue weighted by molar-refractivity contribution is 6.15. The number of fused-ring (bicyclic) bond motifs is 3. The lowest BCUT2D eigenvalue weighted by Gasteiger charge is -2.14. The first-order chi connectivity index (χ1) is 15.0. The highest BCUT2D eigenvalue weighted by Crippen LogP contribution is 2.34. The number of ether oxygens (including phenoxy) is 1. The summed E-state index contributed by atoms with van der Waals surface area (Å²) in [6, 6.07) is 12.6. The smallest absolute Gasteiger partial charge is 0.306 e. The van der Waals surface area contributed by atoms with E-state index in [1.54, 1.807) is 7.11 Å². The van der Waals surface area contributed by atoms with Gasteiger partial charge in [-0.15, -0.1) is 10.2 Å². The third kappa shape index (κ3) is 3.91. The second-order valence-electron chi connectivity index (χ2n) is 7.00. The van der Waals surface area contributed by atoms with Gasteiger partial charge in [0.05, 0.1) is 31.5 Å². The van der Waals surface area contributed by atoms with Gasteiger partial charge < -0.3 is 15.6 Å². The van der Waals surface area contributed by atoms with Crippen molar-refractivity contribution in [3.63, 3.8) is 0 Å². The van der Waals surface area contributed by atoms with Crippen LogP contribution in [0, 0.1) is 18.8 Å². The molecule has 3 aromatic rings. The van der Waals surface area contributed by atoms with Crippen molar-refractivity contribution in [3.8, 4) is 23.3 Å². The predicted octanol–water partition coefficient (Wildman–Crippen LogP) is 2.26. The topological polar surface area (TPSA) is 116 Å². The van der Waals surface area contributed by atoms with Crippen LogP contribution in [0.5, 0.6) is 5.75 Å². The lowest BCUT2D eigenvalue weighted by Crippen LogP contribution is -2.10. The molecule has 8 heteroatoms. The molecule has 0 fully saturated rings. The molecule has 1 aliphatic rings. The standard InChI is InChI=1S/C23H21N5O3/c1-14-26-27-23-19(13-21(29)30)25-22(16-7-5-15(6-8-16)4-3-11-24)18-12-17(31-2)9-10-20(18)28(14)23/h5-10,12,19H,11,13,24H2,1-2H3,(H,29,30)/t19-/m0/s1. The molecule has 8 nitrogen and oxygen atoms in total. The summed E-state index contributed by atoms with van der Waals surface area (Å²) in [7, 11) is 1.60. The molecular weight excluding hydrogens is 394 g/mol. The van der Waals surface area contributed by atoms with Crippen LogP contribution in [0.1, 0.15) is 40.8 Å². The van der Waals surface area contributed by atoms with E-state index in [0.717, 1.165) is 22.4 Å². The number of aromatic nitrogens is 3. The van der Waals surface area contributed by atoms with Gasteiger partial charge in [-0.25, -0.2) is 0 Å². The minimum atomic E-state index is -0.962. The number of hydrogen-bond donors (Lipinski definition) is 2. The van der Waals surface area contributed by atoms with E-state index in [-0.39, 0.29) is 13.0 Å². The van der Waals surface area contributed by atoms with Crippen molar-refractivity contribution in [2.24, 2.45) is 10.7 Å². The van der Waals surface area contributed by atoms with E-state index in [2.05, 4.69) is 22.0 Å². The average Bonchev–Trinajstić information content (AvgIpc) is 3.09. The number of aliphatic imine (C=N–C) groups is 1. The van der Waals surface area contributed by atoms with Crippen LogP contribution in [-0.4, -0.2) is 45.2 Å². The van der Waals surface area contributed by atoms with Crippen LogP contribution in [0.4, 0.5) is 0 Å². The Labute approximate surface area is 179 Å². The molecule has 0 saturated carbocycles. The Balaban J connectivity index is 1.94. The second kappa shape index (κ2) is 8.42. The minimum Gasteiger partial charge on any atom is -0.497 e. The number of carboxylic acid groups (broad SMARTS) is 1. The molecule has 31 heavy (non-hydrogen) atoms. The van der Waals surface area contributed by atoms with Crippen molar-refractivity contribution in [1.29, 1.82) is 0 Å². The number of nitrogens with zero attached hydrogens (tertiary/aromatic N) is 4. The van der Waals surface area contributed by atoms with Gasteiger partial charge in [-0.1, -0.05) is 24.0 Å². The second-order valence-corrected chi connectivity index (χ2v) is 7.00. The molecule has 0 bridgehead atoms. The number of nitrogens with two attached hydrogens (primary N) is 1. The molecule has 3 N–H and O–H groups in total. The molecule has 0 amide bonds. The number of aryl methyl sites for hydroxylation is 1. The molecule has 0 spiro atoms. The summed E-state index contributed by atoms with van der Waals surface area (Å²) < 4.78 is 7.30. The Morgan fingerprint density at radius 1 is 1.23 bits per heavy atom. The molecule has 2 heterocycles. The van der Waals surface area contributed by atoms with E-state index >= 15 is 0 Å². The van der Waals surface area contributed by atoms with Crippen molar-refractivity contribution >= 4 is 11.7 Å². The van der Waals surface area contributed by atoms with Crippen LogP contribution in [0.15, 0.2) is 47.5 Å². The molecule has 2 aromatic carbocycles. The van der Waals surface area contributed by atoms with Crippen molar-refractivity contribution < 1.29 is 14.6 Å². The van der Waals surface area contributed by atoms with Crippen LogP contribution in [-0.2, 0) is 4.79 Å². The molecule has 0 saturated heterocycles. The van der Waals surface area contributed by atoms with Gasteiger partial charge in [0.2, 0.25) is 0 Å². The fourth-order valence-electron chi connectivity index (χ4n) is 3.60. The fourth-order valence-corrected chi connectivity index (χ4v) is 3.60. The third-order valence-electron chi connectivity index (χ3n) is 4.99. The third-order valence-corrected chi connectivity index (χ3v) is 4.99. The van der Waals surface area contributed by atoms with Crippen molar-refractivity contribution in [3.05, 3.63) is 70.8 Å². The molecular formula is C23H21N5O3. The Bertz CT molecular complexity index is 1230. The van der Waals surface area contributed by atoms with Crippen LogP contribution >= 0.6 is 0 Å². The molecule has 0 unspecified atom stereocenters. The summed E-state index contributed by atoms with van der Waals surface area (Å²) in [5.41, 5.74) is 9.40. The van der Waals surface area contributed by atoms with Gasteiger partial charge in [-0.3, -0.25) is 14.4 Å². The van der Waals surface area contributed by atoms with Crippen LogP contribution in [0.3, 0.4) is 0 Å². The Morgan fingerprint density at radius 3 is 2.68 bits per heavy atom. The largest absolute Gasteiger partial charge is 0.497 e. The molecule has 156 valence electrons. The zero-order valence-corrected chi connectivity index (χ0v) is 17.2. The molecule has 0 radical (unpaired) electrons. The number of rotatable bonds is 4. The molecule has 1 aromatic heterocycles. The van der Waals surface area contributed by atoms with Crippen molar-refractivity contribution in [2.45, 2.75) is 19.4 Å². The number of hydrogen-bond acceptors (Lipinski definition) is 6. The van der Waals surface area contributed by atoms with Gasteiger partial charge in [0.15, 0.2) is 5.82 Å². The monoisotopic (exact) mass is 415 g/mol. The first-order valence-electron chi connectivity index (χ1n) is 9.71. The first kappa shape index (κ1) is 20.3. The summed E-state index contributed by atoms with van der Waals surface area (Å²) in [5.74, 6) is 6.69. The summed E-state index contributed by atoms with van der Waals surface area (Å²) in [4.78, 5) is 16.4. The number of carbonyl (C=O) groups is 1. The van der Waals surface area contributed by atoms with Gasteiger partial charge in [0.25, 0.3) is 0 Å². The lowest BCUT2D eigenvalue weighted by atomic mass is 9.99. The number of aliphatic carboxylic acids is 1. The molecule has 4 rings (SSSR count). The summed E-state index contributed by atoms with van der Waals surface area (Å²) in [5, 5.41) is 17.9. The zero-order valence-electron chi connectivity index (χ0n) is 17.2. The highest BCUT2D eigenvalue weighted by Gasteiger charge is 2.29. The maximum Gasteiger partial charge on any atom is 0.306 e. The van der Waals surface area contributed by atoms with Gasteiger partial charge in [0, 0.05) is 16.7 Å². The van der Waals surface area contributed by atoms with Crippen molar-refractivity contribution in [2.75, 3.05) is 13.7 Å². The van der Waals surface area contributed by atoms with Gasteiger partial charge in [0.1, 0.15) is 17.6 Å². The normalized spacial score (nSPS) is 14.4. The van der Waals surface area contributed by atoms with Gasteiger partial charge in [-0.2, -0.15) is 0 Å². The van der Waals surface area contributed by atoms with E-state index < -0.39 is 12.0 Å². The number of methoxy groups -OCH3 is 1. The van der Waals surface area contributed by atoms with Gasteiger partial charge >= 0.3 is 5.97 Å². The summed E-state index contributed by atoms with van der Waals surface area (Å²) in [6.45, 7) is 2.12. The van der Waals surface area contributed by atoms with Crippen LogP contribution in [0.25, 0.3) is 5.69 Å². The minimum absolute atomic E-state index is 0.202. The molecule has 1 atom stereocenters. The van der Waals surface area contributed by atoms with Crippen LogP contribution in [0.2, 0.25) is 0 Å². The number of carboxylic acids is 1. The SMILES string of the molecule is COc1ccc2c(c1)C(c1ccc(C#CCN)cc1)=N[C@@H](CC(=O)O)c1nnc(C)n1-2. The zero-order chi connectivity index (χ0) is 22.0. The maximum atomic E-state index is 11.6. The predicted molar refractivity (Wildman–Crippen MR) is 116 cm³/mol. The van der Waals surface area contributed by atoms with E-state index in [9.17, 15) is 9.90 Å². The quantitative estimate of drug-likeness (QED) is 0.632. The molecule has 0 aliphatic carbocycles. The first-order valence-corrected chi connectivity index (χ1v) is 9.71. The van der Waals surface area contributed by atoms with Crippen molar-refractivity contribution in [1.82, 2.24) is 14.8 Å². The van der Waals surface area contributed by atoms with E-state index in [4.69, 9.17) is 15.5 Å².